The predicted molar refractivity (Wildman–Crippen MR) is 60.5 cm³/mol. The zero-order valence-electron chi connectivity index (χ0n) is 9.01. The van der Waals surface area contributed by atoms with Gasteiger partial charge in [0.05, 0.1) is 16.7 Å². The van der Waals surface area contributed by atoms with Crippen molar-refractivity contribution in [2.75, 3.05) is 0 Å². The van der Waals surface area contributed by atoms with E-state index >= 15 is 0 Å². The van der Waals surface area contributed by atoms with Crippen molar-refractivity contribution in [3.8, 4) is 0 Å². The predicted octanol–water partition coefficient (Wildman–Crippen LogP) is 0.890. The number of hydrogen-bond donors (Lipinski definition) is 0. The first kappa shape index (κ1) is 9.08. The van der Waals surface area contributed by atoms with Crippen molar-refractivity contribution < 1.29 is 0 Å². The molecule has 2 aromatic heterocycles. The van der Waals surface area contributed by atoms with E-state index in [-0.39, 0.29) is 5.56 Å². The molecule has 0 spiro atoms. The van der Waals surface area contributed by atoms with Gasteiger partial charge in [0, 0.05) is 7.05 Å². The minimum Gasteiger partial charge on any atom is -0.308 e. The van der Waals surface area contributed by atoms with Crippen LogP contribution in [-0.2, 0) is 7.05 Å². The number of aromatic nitrogens is 4. The van der Waals surface area contributed by atoms with Gasteiger partial charge < -0.3 is 4.57 Å². The van der Waals surface area contributed by atoms with E-state index in [0.29, 0.717) is 11.2 Å². The lowest BCUT2D eigenvalue weighted by Gasteiger charge is -2.05. The summed E-state index contributed by atoms with van der Waals surface area (Å²) in [6, 6.07) is 7.64. The van der Waals surface area contributed by atoms with E-state index in [0.717, 1.165) is 11.0 Å². The number of benzene rings is 1. The highest BCUT2D eigenvalue weighted by Crippen LogP contribution is 2.13. The second-order valence-corrected chi connectivity index (χ2v) is 3.79. The average Bonchev–Trinajstić information content (AvgIpc) is 2.69. The van der Waals surface area contributed by atoms with E-state index in [2.05, 4.69) is 10.3 Å². The third-order valence-corrected chi connectivity index (χ3v) is 2.82. The van der Waals surface area contributed by atoms with Crippen LogP contribution < -0.4 is 5.56 Å². The molecule has 1 aromatic carbocycles. The summed E-state index contributed by atoms with van der Waals surface area (Å²) < 4.78 is 3.23. The van der Waals surface area contributed by atoms with Gasteiger partial charge in [-0.1, -0.05) is 17.3 Å². The maximum Gasteiger partial charge on any atom is 0.278 e. The van der Waals surface area contributed by atoms with E-state index < -0.39 is 0 Å². The van der Waals surface area contributed by atoms with Crippen LogP contribution in [0.3, 0.4) is 0 Å². The van der Waals surface area contributed by atoms with Crippen LogP contribution in [0, 0.1) is 6.92 Å². The number of fused-ring (bicyclic) bond motifs is 3. The van der Waals surface area contributed by atoms with Crippen LogP contribution in [0.4, 0.5) is 0 Å². The van der Waals surface area contributed by atoms with Crippen LogP contribution in [-0.4, -0.2) is 19.4 Å². The summed E-state index contributed by atoms with van der Waals surface area (Å²) in [5.41, 5.74) is 2.87. The molecule has 0 atom stereocenters. The van der Waals surface area contributed by atoms with Gasteiger partial charge in [0.15, 0.2) is 5.52 Å². The standard InChI is InChI=1S/C11H10N4O/c1-7-10-11(16)14(2)8-5-3-4-6-9(8)15(10)13-12-7/h3-6H,1-2H3. The first-order valence-corrected chi connectivity index (χ1v) is 5.00. The van der Waals surface area contributed by atoms with Gasteiger partial charge in [-0.05, 0) is 19.1 Å². The molecule has 0 aliphatic heterocycles. The normalized spacial score (nSPS) is 11.4. The minimum atomic E-state index is -0.0683. The largest absolute Gasteiger partial charge is 0.308 e. The Labute approximate surface area is 90.9 Å². The highest BCUT2D eigenvalue weighted by Gasteiger charge is 2.11. The Morgan fingerprint density at radius 3 is 2.62 bits per heavy atom. The second kappa shape index (κ2) is 2.91. The van der Waals surface area contributed by atoms with Gasteiger partial charge >= 0.3 is 0 Å². The molecule has 5 heteroatoms. The lowest BCUT2D eigenvalue weighted by atomic mass is 10.3. The average molecular weight is 214 g/mol. The highest BCUT2D eigenvalue weighted by atomic mass is 16.1. The molecule has 0 bridgehead atoms. The van der Waals surface area contributed by atoms with Crippen molar-refractivity contribution in [3.63, 3.8) is 0 Å². The summed E-state index contributed by atoms with van der Waals surface area (Å²) in [5.74, 6) is 0. The summed E-state index contributed by atoms with van der Waals surface area (Å²) in [5, 5.41) is 7.95. The lowest BCUT2D eigenvalue weighted by molar-refractivity contribution is 0.842. The fourth-order valence-corrected chi connectivity index (χ4v) is 1.97. The number of rotatable bonds is 0. The molecular formula is C11H10N4O. The van der Waals surface area contributed by atoms with Gasteiger partial charge in [-0.15, -0.1) is 5.10 Å². The van der Waals surface area contributed by atoms with Crippen molar-refractivity contribution in [1.82, 2.24) is 19.4 Å². The molecule has 0 saturated carbocycles. The Morgan fingerprint density at radius 2 is 1.88 bits per heavy atom. The fraction of sp³-hybridized carbons (Fsp3) is 0.182. The lowest BCUT2D eigenvalue weighted by Crippen LogP contribution is -2.20. The molecular weight excluding hydrogens is 204 g/mol. The van der Waals surface area contributed by atoms with Gasteiger partial charge in [0.1, 0.15) is 0 Å². The summed E-state index contributed by atoms with van der Waals surface area (Å²) in [7, 11) is 1.76. The first-order valence-electron chi connectivity index (χ1n) is 5.00. The van der Waals surface area contributed by atoms with E-state index in [1.54, 1.807) is 23.1 Å². The van der Waals surface area contributed by atoms with Gasteiger partial charge in [-0.25, -0.2) is 4.52 Å². The Kier molecular flexibility index (Phi) is 1.65. The summed E-state index contributed by atoms with van der Waals surface area (Å²) in [6.45, 7) is 1.79. The highest BCUT2D eigenvalue weighted by molar-refractivity contribution is 5.78. The van der Waals surface area contributed by atoms with Crippen molar-refractivity contribution in [2.45, 2.75) is 6.92 Å². The molecule has 0 radical (unpaired) electrons. The molecule has 3 rings (SSSR count). The first-order chi connectivity index (χ1) is 7.70. The van der Waals surface area contributed by atoms with E-state index in [9.17, 15) is 4.79 Å². The van der Waals surface area contributed by atoms with Crippen molar-refractivity contribution >= 4 is 16.6 Å². The third-order valence-electron chi connectivity index (χ3n) is 2.82. The number of hydrogen-bond acceptors (Lipinski definition) is 3. The van der Waals surface area contributed by atoms with Crippen molar-refractivity contribution in [2.24, 2.45) is 7.05 Å². The number of aryl methyl sites for hydroxylation is 2. The van der Waals surface area contributed by atoms with Crippen LogP contribution in [0.1, 0.15) is 5.69 Å². The SMILES string of the molecule is Cc1nnn2c1c(=O)n(C)c1ccccc12. The fourth-order valence-electron chi connectivity index (χ4n) is 1.97. The van der Waals surface area contributed by atoms with Gasteiger partial charge in [-0.2, -0.15) is 0 Å². The Hall–Kier alpha value is -2.17. The van der Waals surface area contributed by atoms with Crippen LogP contribution in [0.2, 0.25) is 0 Å². The molecule has 0 aliphatic carbocycles. The van der Waals surface area contributed by atoms with Gasteiger partial charge in [-0.3, -0.25) is 4.79 Å². The minimum absolute atomic E-state index is 0.0683. The summed E-state index contributed by atoms with van der Waals surface area (Å²) in [4.78, 5) is 12.1. The zero-order valence-corrected chi connectivity index (χ0v) is 9.01. The molecule has 0 amide bonds. The van der Waals surface area contributed by atoms with Crippen LogP contribution in [0.25, 0.3) is 16.6 Å². The topological polar surface area (TPSA) is 52.2 Å². The molecule has 16 heavy (non-hydrogen) atoms. The van der Waals surface area contributed by atoms with E-state index in [1.165, 1.54) is 0 Å². The monoisotopic (exact) mass is 214 g/mol. The summed E-state index contributed by atoms with van der Waals surface area (Å²) in [6.07, 6.45) is 0. The van der Waals surface area contributed by atoms with Crippen LogP contribution in [0.5, 0.6) is 0 Å². The Balaban J connectivity index is 2.76. The van der Waals surface area contributed by atoms with E-state index in [1.807, 2.05) is 24.3 Å². The second-order valence-electron chi connectivity index (χ2n) is 3.79. The van der Waals surface area contributed by atoms with Crippen LogP contribution >= 0.6 is 0 Å². The quantitative estimate of drug-likeness (QED) is 0.558. The molecule has 0 N–H and O–H groups in total. The maximum atomic E-state index is 12.1. The number of para-hydroxylation sites is 2. The molecule has 3 aromatic rings. The van der Waals surface area contributed by atoms with Gasteiger partial charge in [0.2, 0.25) is 0 Å². The Bertz CT molecular complexity index is 754. The van der Waals surface area contributed by atoms with Gasteiger partial charge in [0.25, 0.3) is 5.56 Å². The molecule has 80 valence electrons. The Morgan fingerprint density at radius 1 is 1.19 bits per heavy atom. The van der Waals surface area contributed by atoms with E-state index in [4.69, 9.17) is 0 Å². The van der Waals surface area contributed by atoms with Crippen molar-refractivity contribution in [3.05, 3.63) is 40.3 Å². The zero-order chi connectivity index (χ0) is 11.3. The van der Waals surface area contributed by atoms with Crippen molar-refractivity contribution in [1.29, 1.82) is 0 Å². The maximum absolute atomic E-state index is 12.1. The molecule has 0 fully saturated rings. The molecule has 0 saturated heterocycles. The smallest absolute Gasteiger partial charge is 0.278 e. The van der Waals surface area contributed by atoms with Crippen LogP contribution in [0.15, 0.2) is 29.1 Å². The number of nitrogens with zero attached hydrogens (tertiary/aromatic N) is 4. The molecule has 0 unspecified atom stereocenters. The summed E-state index contributed by atoms with van der Waals surface area (Å²) >= 11 is 0. The molecule has 5 nitrogen and oxygen atoms in total. The third kappa shape index (κ3) is 0.970. The molecule has 0 aliphatic rings. The molecule has 2 heterocycles.